The van der Waals surface area contributed by atoms with E-state index in [1.807, 2.05) is 12.1 Å². The van der Waals surface area contributed by atoms with Crippen molar-refractivity contribution in [3.63, 3.8) is 0 Å². The number of aromatic nitrogens is 3. The van der Waals surface area contributed by atoms with Crippen LogP contribution in [0.4, 0.5) is 10.2 Å². The summed E-state index contributed by atoms with van der Waals surface area (Å²) in [6, 6.07) is 9.60. The maximum absolute atomic E-state index is 14.0. The Morgan fingerprint density at radius 1 is 1.04 bits per heavy atom. The summed E-state index contributed by atoms with van der Waals surface area (Å²) in [4.78, 5) is 14.6. The molecule has 0 spiro atoms. The SMILES string of the molecule is CCCCCCCCCCCCCCCCC[C@H](COP(=O)(O)OC[C@]1(N)CC[C@H](c2ccc3c(N)ncnn23)O1)OCc1cc(F)cc(C#N)c1. The number of anilines is 1. The summed E-state index contributed by atoms with van der Waals surface area (Å²) in [5.74, 6) is -0.194. The highest BCUT2D eigenvalue weighted by atomic mass is 31.2. The van der Waals surface area contributed by atoms with Crippen LogP contribution in [0.3, 0.4) is 0 Å². The summed E-state index contributed by atoms with van der Waals surface area (Å²) in [6.45, 7) is 1.68. The molecule has 0 saturated carbocycles. The van der Waals surface area contributed by atoms with Crippen molar-refractivity contribution in [1.82, 2.24) is 14.6 Å². The largest absolute Gasteiger partial charge is 0.472 e. The number of halogens is 1. The van der Waals surface area contributed by atoms with E-state index in [1.165, 1.54) is 89.4 Å². The summed E-state index contributed by atoms with van der Waals surface area (Å²) < 4.78 is 51.5. The molecule has 1 aromatic carbocycles. The summed E-state index contributed by atoms with van der Waals surface area (Å²) in [5, 5.41) is 13.5. The van der Waals surface area contributed by atoms with Crippen LogP contribution in [0.2, 0.25) is 0 Å². The monoisotopic (exact) mass is 744 g/mol. The molecule has 1 saturated heterocycles. The second kappa shape index (κ2) is 21.7. The minimum atomic E-state index is -4.54. The Kier molecular flexibility index (Phi) is 17.4. The number of phosphoric ester groups is 1. The Labute approximate surface area is 308 Å². The van der Waals surface area contributed by atoms with Gasteiger partial charge in [0.15, 0.2) is 5.82 Å². The summed E-state index contributed by atoms with van der Waals surface area (Å²) in [7, 11) is -4.54. The Morgan fingerprint density at radius 3 is 2.35 bits per heavy atom. The van der Waals surface area contributed by atoms with Gasteiger partial charge in [0.25, 0.3) is 0 Å². The lowest BCUT2D eigenvalue weighted by Crippen LogP contribution is -2.43. The van der Waals surface area contributed by atoms with Gasteiger partial charge >= 0.3 is 7.82 Å². The standard InChI is InChI=1S/C38H58FN6O6P/c1-2-3-4-5-6-7-8-9-10-11-12-13-14-15-16-17-33(48-26-31-22-30(25-40)23-32(39)24-31)27-49-52(46,47)50-28-38(42)21-20-36(51-38)34-18-19-35-37(41)43-29-44-45(34)35/h18-19,22-24,29,33,36H,2-17,20-21,26-28,42H2,1H3,(H,46,47)(H2,41,43,44)/t33-,36-,38+/m1/s1. The van der Waals surface area contributed by atoms with Crippen LogP contribution in [0.15, 0.2) is 36.7 Å². The number of nitrogens with two attached hydrogens (primary N) is 2. The molecule has 288 valence electrons. The first-order valence-corrected chi connectivity index (χ1v) is 20.6. The van der Waals surface area contributed by atoms with Crippen LogP contribution in [0, 0.1) is 17.1 Å². The van der Waals surface area contributed by atoms with Crippen molar-refractivity contribution < 1.29 is 32.4 Å². The average Bonchev–Trinajstić information content (AvgIpc) is 3.74. The molecule has 5 N–H and O–H groups in total. The maximum atomic E-state index is 14.0. The van der Waals surface area contributed by atoms with Crippen LogP contribution in [0.25, 0.3) is 5.52 Å². The molecule has 0 radical (unpaired) electrons. The molecule has 52 heavy (non-hydrogen) atoms. The van der Waals surface area contributed by atoms with Crippen LogP contribution < -0.4 is 11.5 Å². The summed E-state index contributed by atoms with van der Waals surface area (Å²) in [6.07, 6.45) is 20.5. The average molecular weight is 745 g/mol. The minimum absolute atomic E-state index is 0.0158. The number of benzene rings is 1. The zero-order valence-corrected chi connectivity index (χ0v) is 31.6. The highest BCUT2D eigenvalue weighted by Crippen LogP contribution is 2.46. The summed E-state index contributed by atoms with van der Waals surface area (Å²) in [5.41, 5.74) is 13.1. The molecule has 3 aromatic rings. The number of hydrogen-bond donors (Lipinski definition) is 3. The second-order valence-corrected chi connectivity index (χ2v) is 15.5. The van der Waals surface area contributed by atoms with E-state index in [2.05, 4.69) is 17.0 Å². The van der Waals surface area contributed by atoms with Crippen molar-refractivity contribution >= 4 is 19.2 Å². The predicted octanol–water partition coefficient (Wildman–Crippen LogP) is 8.81. The van der Waals surface area contributed by atoms with E-state index in [-0.39, 0.29) is 25.4 Å². The minimum Gasteiger partial charge on any atom is -0.382 e. The first-order chi connectivity index (χ1) is 25.1. The molecule has 0 aliphatic carbocycles. The number of nitrogens with zero attached hydrogens (tertiary/aromatic N) is 4. The third kappa shape index (κ3) is 14.1. The fourth-order valence-corrected chi connectivity index (χ4v) is 7.49. The van der Waals surface area contributed by atoms with Gasteiger partial charge in [0, 0.05) is 0 Å². The summed E-state index contributed by atoms with van der Waals surface area (Å²) >= 11 is 0. The molecule has 4 atom stereocenters. The van der Waals surface area contributed by atoms with Gasteiger partial charge < -0.3 is 25.8 Å². The molecule has 1 aliphatic rings. The zero-order chi connectivity index (χ0) is 37.2. The molecule has 1 aliphatic heterocycles. The van der Waals surface area contributed by atoms with Gasteiger partial charge in [-0.25, -0.2) is 18.5 Å². The molecule has 14 heteroatoms. The van der Waals surface area contributed by atoms with Crippen LogP contribution in [0.5, 0.6) is 0 Å². The molecule has 4 rings (SSSR count). The molecule has 1 fully saturated rings. The van der Waals surface area contributed by atoms with Gasteiger partial charge in [-0.15, -0.1) is 0 Å². The van der Waals surface area contributed by atoms with Gasteiger partial charge in [-0.2, -0.15) is 10.4 Å². The number of unbranched alkanes of at least 4 members (excludes halogenated alkanes) is 14. The lowest BCUT2D eigenvalue weighted by atomic mass is 10.0. The van der Waals surface area contributed by atoms with Crippen molar-refractivity contribution in [3.05, 3.63) is 59.3 Å². The number of phosphoric acid groups is 1. The Hall–Kier alpha value is -2.95. The van der Waals surface area contributed by atoms with Crippen LogP contribution in [-0.2, 0) is 29.7 Å². The third-order valence-electron chi connectivity index (χ3n) is 9.65. The van der Waals surface area contributed by atoms with E-state index in [0.717, 1.165) is 31.0 Å². The van der Waals surface area contributed by atoms with Gasteiger partial charge in [-0.3, -0.25) is 9.05 Å². The normalized spacial score (nSPS) is 19.2. The van der Waals surface area contributed by atoms with E-state index >= 15 is 0 Å². The number of nitriles is 1. The number of nitrogen functional groups attached to an aromatic ring is 1. The zero-order valence-electron chi connectivity index (χ0n) is 30.7. The van der Waals surface area contributed by atoms with Crippen molar-refractivity contribution in [2.45, 2.75) is 147 Å². The molecule has 1 unspecified atom stereocenters. The van der Waals surface area contributed by atoms with Gasteiger partial charge in [0.1, 0.15) is 36.1 Å². The van der Waals surface area contributed by atoms with Crippen LogP contribution in [-0.4, -0.2) is 44.5 Å². The number of fused-ring (bicyclic) bond motifs is 1. The molecular formula is C38H58FN6O6P. The van der Waals surface area contributed by atoms with Crippen LogP contribution in [0.1, 0.15) is 145 Å². The van der Waals surface area contributed by atoms with Crippen molar-refractivity contribution in [1.29, 1.82) is 5.26 Å². The number of rotatable bonds is 26. The third-order valence-corrected chi connectivity index (χ3v) is 10.6. The number of ether oxygens (including phenoxy) is 2. The fourth-order valence-electron chi connectivity index (χ4n) is 6.68. The quantitative estimate of drug-likeness (QED) is 0.0528. The molecule has 3 heterocycles. The Balaban J connectivity index is 1.19. The van der Waals surface area contributed by atoms with Crippen LogP contribution >= 0.6 is 7.82 Å². The van der Waals surface area contributed by atoms with E-state index in [0.29, 0.717) is 36.2 Å². The van der Waals surface area contributed by atoms with Gasteiger partial charge in [0.2, 0.25) is 0 Å². The lowest BCUT2D eigenvalue weighted by Gasteiger charge is -2.26. The van der Waals surface area contributed by atoms with Crippen molar-refractivity contribution in [2.75, 3.05) is 18.9 Å². The van der Waals surface area contributed by atoms with E-state index in [9.17, 15) is 19.1 Å². The van der Waals surface area contributed by atoms with Crippen molar-refractivity contribution in [3.8, 4) is 6.07 Å². The first-order valence-electron chi connectivity index (χ1n) is 19.1. The van der Waals surface area contributed by atoms with Gasteiger partial charge in [0.05, 0.1) is 36.6 Å². The van der Waals surface area contributed by atoms with E-state index < -0.39 is 31.6 Å². The smallest absolute Gasteiger partial charge is 0.382 e. The number of hydrogen-bond acceptors (Lipinski definition) is 10. The fraction of sp³-hybridized carbons (Fsp3) is 0.658. The highest BCUT2D eigenvalue weighted by molar-refractivity contribution is 7.47. The topological polar surface area (TPSA) is 180 Å². The lowest BCUT2D eigenvalue weighted by molar-refractivity contribution is -0.0739. The molecule has 0 amide bonds. The predicted molar refractivity (Wildman–Crippen MR) is 198 cm³/mol. The van der Waals surface area contributed by atoms with Gasteiger partial charge in [-0.1, -0.05) is 103 Å². The Morgan fingerprint density at radius 2 is 1.69 bits per heavy atom. The Bertz CT molecular complexity index is 1600. The first kappa shape index (κ1) is 41.8. The molecule has 0 bridgehead atoms. The van der Waals surface area contributed by atoms with E-state index in [4.69, 9.17) is 30.0 Å². The second-order valence-electron chi connectivity index (χ2n) is 14.1. The molecular weight excluding hydrogens is 686 g/mol. The highest BCUT2D eigenvalue weighted by Gasteiger charge is 2.41. The maximum Gasteiger partial charge on any atom is 0.472 e. The molecule has 12 nitrogen and oxygen atoms in total. The van der Waals surface area contributed by atoms with Crippen molar-refractivity contribution in [2.24, 2.45) is 5.73 Å². The van der Waals surface area contributed by atoms with Gasteiger partial charge in [-0.05, 0) is 55.2 Å². The van der Waals surface area contributed by atoms with E-state index in [1.54, 1.807) is 16.6 Å². The molecule has 2 aromatic heterocycles.